The van der Waals surface area contributed by atoms with Crippen molar-refractivity contribution in [3.05, 3.63) is 63.8 Å². The van der Waals surface area contributed by atoms with E-state index in [9.17, 15) is 4.79 Å². The summed E-state index contributed by atoms with van der Waals surface area (Å²) in [6.07, 6.45) is 1.67. The highest BCUT2D eigenvalue weighted by Gasteiger charge is 2.23. The smallest absolute Gasteiger partial charge is 0.333 e. The Morgan fingerprint density at radius 1 is 1.07 bits per heavy atom. The molecule has 0 spiro atoms. The molecule has 1 aliphatic rings. The number of nitrogens with zero attached hydrogens (tertiary/aromatic N) is 1. The number of rotatable bonds is 8. The largest absolute Gasteiger partial charge is 0.492 e. The molecule has 0 amide bonds. The molecule has 7 heteroatoms. The number of aryl methyl sites for hydroxylation is 2. The fourth-order valence-corrected chi connectivity index (χ4v) is 5.58. The Bertz CT molecular complexity index is 921. The number of benzene rings is 1. The molecule has 5 nitrogen and oxygen atoms in total. The van der Waals surface area contributed by atoms with Gasteiger partial charge in [0, 0.05) is 13.5 Å². The zero-order valence-electron chi connectivity index (χ0n) is 16.2. The number of ether oxygens (including phenoxy) is 2. The van der Waals surface area contributed by atoms with Crippen molar-refractivity contribution < 1.29 is 19.4 Å². The van der Waals surface area contributed by atoms with Gasteiger partial charge in [-0.05, 0) is 64.6 Å². The van der Waals surface area contributed by atoms with Crippen LogP contribution in [0.1, 0.15) is 16.7 Å². The summed E-state index contributed by atoms with van der Waals surface area (Å²) in [5.74, 6) is -0.170. The standard InChI is InChI=1S/C22H23NO4S2/c1-26-19(22(24)25)14-15-2-6-18(7-3-15)27-11-10-23-20-16(8-12-28-20)4-5-17-9-13-29-21(17)23/h2-3,6-9,12-13,19H,4-5,10-11,14H2,1H3,(H,24,25). The monoisotopic (exact) mass is 429 g/mol. The Balaban J connectivity index is 1.39. The minimum absolute atomic E-state index is 0.336. The van der Waals surface area contributed by atoms with Crippen LogP contribution < -0.4 is 9.64 Å². The topological polar surface area (TPSA) is 59.0 Å². The molecule has 3 heterocycles. The van der Waals surface area contributed by atoms with Crippen molar-refractivity contribution in [3.8, 4) is 5.75 Å². The predicted octanol–water partition coefficient (Wildman–Crippen LogP) is 4.77. The summed E-state index contributed by atoms with van der Waals surface area (Å²) < 4.78 is 11.0. The maximum Gasteiger partial charge on any atom is 0.333 e. The first-order valence-corrected chi connectivity index (χ1v) is 11.3. The summed E-state index contributed by atoms with van der Waals surface area (Å²) in [5, 5.41) is 16.1. The van der Waals surface area contributed by atoms with Crippen LogP contribution >= 0.6 is 22.7 Å². The molecule has 0 aliphatic carbocycles. The maximum atomic E-state index is 11.1. The molecule has 3 aromatic rings. The first-order valence-electron chi connectivity index (χ1n) is 9.53. The molecule has 0 saturated heterocycles. The van der Waals surface area contributed by atoms with Crippen LogP contribution in [0.4, 0.5) is 10.0 Å². The third-order valence-corrected chi connectivity index (χ3v) is 7.05. The van der Waals surface area contributed by atoms with Crippen molar-refractivity contribution >= 4 is 38.6 Å². The van der Waals surface area contributed by atoms with Crippen LogP contribution in [0.25, 0.3) is 0 Å². The fraction of sp³-hybridized carbons (Fsp3) is 0.318. The zero-order chi connectivity index (χ0) is 20.2. The minimum atomic E-state index is -0.953. The summed E-state index contributed by atoms with van der Waals surface area (Å²) in [5.41, 5.74) is 3.73. The van der Waals surface area contributed by atoms with Crippen molar-refractivity contribution in [1.29, 1.82) is 0 Å². The average Bonchev–Trinajstić information content (AvgIpc) is 3.36. The average molecular weight is 430 g/mol. The Hall–Kier alpha value is -2.35. The number of carboxylic acid groups (broad SMARTS) is 1. The van der Waals surface area contributed by atoms with Gasteiger partial charge in [0.05, 0.1) is 16.5 Å². The quantitative estimate of drug-likeness (QED) is 0.559. The van der Waals surface area contributed by atoms with E-state index in [0.29, 0.717) is 13.0 Å². The van der Waals surface area contributed by atoms with E-state index in [1.54, 1.807) is 22.7 Å². The van der Waals surface area contributed by atoms with Crippen molar-refractivity contribution in [2.45, 2.75) is 25.4 Å². The lowest BCUT2D eigenvalue weighted by Gasteiger charge is -2.22. The van der Waals surface area contributed by atoms with Gasteiger partial charge in [0.1, 0.15) is 12.4 Å². The normalized spacial score (nSPS) is 14.0. The summed E-state index contributed by atoms with van der Waals surface area (Å²) in [6.45, 7) is 1.36. The number of hydrogen-bond acceptors (Lipinski definition) is 6. The molecular formula is C22H23NO4S2. The minimum Gasteiger partial charge on any atom is -0.492 e. The molecule has 1 unspecified atom stereocenters. The summed E-state index contributed by atoms with van der Waals surface area (Å²) in [6, 6.07) is 12.0. The van der Waals surface area contributed by atoms with Gasteiger partial charge in [0.15, 0.2) is 6.10 Å². The summed E-state index contributed by atoms with van der Waals surface area (Å²) >= 11 is 3.58. The van der Waals surface area contributed by atoms with E-state index in [-0.39, 0.29) is 0 Å². The van der Waals surface area contributed by atoms with Crippen LogP contribution in [0, 0.1) is 0 Å². The van der Waals surface area contributed by atoms with Crippen LogP contribution in [0.3, 0.4) is 0 Å². The van der Waals surface area contributed by atoms with E-state index in [2.05, 4.69) is 27.8 Å². The number of carboxylic acids is 1. The third kappa shape index (κ3) is 4.47. The molecule has 1 aliphatic heterocycles. The molecule has 4 rings (SSSR count). The van der Waals surface area contributed by atoms with Crippen LogP contribution in [-0.2, 0) is 28.8 Å². The van der Waals surface area contributed by atoms with Gasteiger partial charge >= 0.3 is 5.97 Å². The van der Waals surface area contributed by atoms with E-state index in [4.69, 9.17) is 14.6 Å². The molecule has 0 radical (unpaired) electrons. The Kier molecular flexibility index (Phi) is 6.18. The molecule has 1 aromatic carbocycles. The first-order chi connectivity index (χ1) is 14.2. The van der Waals surface area contributed by atoms with Crippen LogP contribution in [0.2, 0.25) is 0 Å². The van der Waals surface area contributed by atoms with Gasteiger partial charge in [0.25, 0.3) is 0 Å². The lowest BCUT2D eigenvalue weighted by Crippen LogP contribution is -2.24. The van der Waals surface area contributed by atoms with Gasteiger partial charge < -0.3 is 19.5 Å². The molecule has 0 fully saturated rings. The number of hydrogen-bond donors (Lipinski definition) is 1. The van der Waals surface area contributed by atoms with E-state index >= 15 is 0 Å². The second-order valence-corrected chi connectivity index (χ2v) is 8.70. The highest BCUT2D eigenvalue weighted by atomic mass is 32.1. The van der Waals surface area contributed by atoms with Gasteiger partial charge in [-0.25, -0.2) is 4.79 Å². The van der Waals surface area contributed by atoms with E-state index in [0.717, 1.165) is 30.7 Å². The van der Waals surface area contributed by atoms with Crippen molar-refractivity contribution in [2.24, 2.45) is 0 Å². The lowest BCUT2D eigenvalue weighted by atomic mass is 10.1. The molecule has 2 aromatic heterocycles. The molecule has 29 heavy (non-hydrogen) atoms. The van der Waals surface area contributed by atoms with E-state index in [1.165, 1.54) is 28.2 Å². The van der Waals surface area contributed by atoms with Gasteiger partial charge in [-0.1, -0.05) is 12.1 Å². The fourth-order valence-electron chi connectivity index (χ4n) is 3.54. The Morgan fingerprint density at radius 3 is 2.24 bits per heavy atom. The molecular weight excluding hydrogens is 406 g/mol. The molecule has 1 N–H and O–H groups in total. The highest BCUT2D eigenvalue weighted by Crippen LogP contribution is 2.42. The molecule has 0 bridgehead atoms. The van der Waals surface area contributed by atoms with E-state index in [1.807, 2.05) is 24.3 Å². The number of carbonyl (C=O) groups is 1. The number of anilines is 2. The summed E-state index contributed by atoms with van der Waals surface area (Å²) in [4.78, 5) is 13.5. The molecule has 0 saturated carbocycles. The van der Waals surface area contributed by atoms with Crippen LogP contribution in [0.5, 0.6) is 5.75 Å². The van der Waals surface area contributed by atoms with E-state index < -0.39 is 12.1 Å². The Morgan fingerprint density at radius 2 is 1.69 bits per heavy atom. The van der Waals surface area contributed by atoms with Gasteiger partial charge in [-0.15, -0.1) is 22.7 Å². The predicted molar refractivity (Wildman–Crippen MR) is 117 cm³/mol. The van der Waals surface area contributed by atoms with Crippen molar-refractivity contribution in [2.75, 3.05) is 25.2 Å². The maximum absolute atomic E-state index is 11.1. The van der Waals surface area contributed by atoms with Gasteiger partial charge in [-0.3, -0.25) is 0 Å². The number of aliphatic carboxylic acids is 1. The third-order valence-electron chi connectivity index (χ3n) is 5.09. The summed E-state index contributed by atoms with van der Waals surface area (Å²) in [7, 11) is 1.41. The highest BCUT2D eigenvalue weighted by molar-refractivity contribution is 7.16. The zero-order valence-corrected chi connectivity index (χ0v) is 17.8. The van der Waals surface area contributed by atoms with Gasteiger partial charge in [0.2, 0.25) is 0 Å². The number of thiophene rings is 2. The van der Waals surface area contributed by atoms with Crippen LogP contribution in [0.15, 0.2) is 47.2 Å². The SMILES string of the molecule is COC(Cc1ccc(OCCN2c3sccc3CCc3ccsc32)cc1)C(=O)O. The first kappa shape index (κ1) is 19.9. The second-order valence-electron chi connectivity index (χ2n) is 6.91. The molecule has 1 atom stereocenters. The Labute approximate surface area is 178 Å². The molecule has 152 valence electrons. The number of fused-ring (bicyclic) bond motifs is 2. The van der Waals surface area contributed by atoms with Crippen molar-refractivity contribution in [3.63, 3.8) is 0 Å². The van der Waals surface area contributed by atoms with Gasteiger partial charge in [-0.2, -0.15) is 0 Å². The lowest BCUT2D eigenvalue weighted by molar-refractivity contribution is -0.148. The van der Waals surface area contributed by atoms with Crippen LogP contribution in [-0.4, -0.2) is 37.4 Å². The number of methoxy groups -OCH3 is 1. The van der Waals surface area contributed by atoms with Crippen molar-refractivity contribution in [1.82, 2.24) is 0 Å². The second kappa shape index (κ2) is 8.98.